The van der Waals surface area contributed by atoms with Gasteiger partial charge in [0.25, 0.3) is 0 Å². The molecule has 0 atom stereocenters. The zero-order valence-electron chi connectivity index (χ0n) is 11.3. The maximum Gasteiger partial charge on any atom is 0.227 e. The highest BCUT2D eigenvalue weighted by molar-refractivity contribution is 7.07. The van der Waals surface area contributed by atoms with Gasteiger partial charge in [0.15, 0.2) is 0 Å². The molecule has 104 valence electrons. The van der Waals surface area contributed by atoms with Crippen molar-refractivity contribution < 1.29 is 4.79 Å². The standard InChI is InChI=1S/C16H18N2OS/c17-14-3-1-12(2-4-14)9-16(19)18(15-5-6-15)10-13-7-8-20-11-13/h1-4,7-8,11,15H,5-6,9-10,17H2. The van der Waals surface area contributed by atoms with E-state index in [1.165, 1.54) is 5.56 Å². The first kappa shape index (κ1) is 13.2. The Bertz CT molecular complexity index is 573. The summed E-state index contributed by atoms with van der Waals surface area (Å²) < 4.78 is 0. The van der Waals surface area contributed by atoms with E-state index < -0.39 is 0 Å². The lowest BCUT2D eigenvalue weighted by atomic mass is 10.1. The minimum Gasteiger partial charge on any atom is -0.399 e. The van der Waals surface area contributed by atoms with Crippen molar-refractivity contribution in [1.82, 2.24) is 4.90 Å². The summed E-state index contributed by atoms with van der Waals surface area (Å²) in [5.41, 5.74) is 8.66. The van der Waals surface area contributed by atoms with Gasteiger partial charge in [-0.2, -0.15) is 11.3 Å². The molecule has 3 rings (SSSR count). The third-order valence-electron chi connectivity index (χ3n) is 3.58. The molecule has 0 radical (unpaired) electrons. The van der Waals surface area contributed by atoms with Crippen molar-refractivity contribution in [3.63, 3.8) is 0 Å². The number of carbonyl (C=O) groups is 1. The molecule has 1 aromatic heterocycles. The predicted octanol–water partition coefficient (Wildman–Crippen LogP) is 3.06. The second-order valence-corrected chi connectivity index (χ2v) is 6.08. The summed E-state index contributed by atoms with van der Waals surface area (Å²) in [4.78, 5) is 14.5. The van der Waals surface area contributed by atoms with Gasteiger partial charge < -0.3 is 10.6 Å². The fourth-order valence-electron chi connectivity index (χ4n) is 2.30. The van der Waals surface area contributed by atoms with Gasteiger partial charge in [-0.1, -0.05) is 12.1 Å². The molecule has 0 saturated heterocycles. The number of nitrogen functional groups attached to an aromatic ring is 1. The first-order valence-corrected chi connectivity index (χ1v) is 7.81. The number of hydrogen-bond acceptors (Lipinski definition) is 3. The average Bonchev–Trinajstić information content (AvgIpc) is 3.15. The lowest BCUT2D eigenvalue weighted by molar-refractivity contribution is -0.131. The maximum absolute atomic E-state index is 12.5. The molecule has 20 heavy (non-hydrogen) atoms. The lowest BCUT2D eigenvalue weighted by Gasteiger charge is -2.22. The van der Waals surface area contributed by atoms with Crippen LogP contribution in [-0.2, 0) is 17.8 Å². The first-order valence-electron chi connectivity index (χ1n) is 6.87. The number of amides is 1. The smallest absolute Gasteiger partial charge is 0.227 e. The van der Waals surface area contributed by atoms with Crippen molar-refractivity contribution in [3.8, 4) is 0 Å². The van der Waals surface area contributed by atoms with Crippen LogP contribution in [0.2, 0.25) is 0 Å². The van der Waals surface area contributed by atoms with Crippen molar-refractivity contribution in [2.75, 3.05) is 5.73 Å². The predicted molar refractivity (Wildman–Crippen MR) is 82.4 cm³/mol. The Balaban J connectivity index is 1.67. The number of carbonyl (C=O) groups excluding carboxylic acids is 1. The van der Waals surface area contributed by atoms with Crippen LogP contribution in [0.1, 0.15) is 24.0 Å². The minimum atomic E-state index is 0.212. The number of nitrogens with two attached hydrogens (primary N) is 1. The van der Waals surface area contributed by atoms with E-state index in [-0.39, 0.29) is 5.91 Å². The summed E-state index contributed by atoms with van der Waals surface area (Å²) in [6.45, 7) is 0.738. The summed E-state index contributed by atoms with van der Waals surface area (Å²) in [6.07, 6.45) is 2.73. The summed E-state index contributed by atoms with van der Waals surface area (Å²) in [5.74, 6) is 0.212. The fourth-order valence-corrected chi connectivity index (χ4v) is 2.96. The molecule has 1 amide bonds. The largest absolute Gasteiger partial charge is 0.399 e. The second kappa shape index (κ2) is 5.67. The van der Waals surface area contributed by atoms with Gasteiger partial charge >= 0.3 is 0 Å². The van der Waals surface area contributed by atoms with E-state index in [4.69, 9.17) is 5.73 Å². The van der Waals surface area contributed by atoms with Gasteiger partial charge in [-0.25, -0.2) is 0 Å². The zero-order chi connectivity index (χ0) is 13.9. The highest BCUT2D eigenvalue weighted by Gasteiger charge is 2.32. The SMILES string of the molecule is Nc1ccc(CC(=O)N(Cc2ccsc2)C2CC2)cc1. The van der Waals surface area contributed by atoms with Gasteiger partial charge in [-0.3, -0.25) is 4.79 Å². The van der Waals surface area contributed by atoms with Gasteiger partial charge in [-0.15, -0.1) is 0 Å². The Morgan fingerprint density at radius 1 is 1.20 bits per heavy atom. The monoisotopic (exact) mass is 286 g/mol. The molecule has 2 N–H and O–H groups in total. The molecule has 1 aliphatic rings. The van der Waals surface area contributed by atoms with E-state index in [2.05, 4.69) is 16.8 Å². The number of nitrogens with zero attached hydrogens (tertiary/aromatic N) is 1. The van der Waals surface area contributed by atoms with Crippen LogP contribution in [0, 0.1) is 0 Å². The van der Waals surface area contributed by atoms with Gasteiger partial charge in [0.05, 0.1) is 6.42 Å². The third kappa shape index (κ3) is 3.20. The van der Waals surface area contributed by atoms with Crippen molar-refractivity contribution in [2.45, 2.75) is 31.8 Å². The molecule has 1 aliphatic carbocycles. The minimum absolute atomic E-state index is 0.212. The molecule has 1 fully saturated rings. The van der Waals surface area contributed by atoms with Crippen LogP contribution in [0.15, 0.2) is 41.1 Å². The second-order valence-electron chi connectivity index (χ2n) is 5.30. The van der Waals surface area contributed by atoms with Crippen LogP contribution in [0.5, 0.6) is 0 Å². The Kier molecular flexibility index (Phi) is 3.74. The number of anilines is 1. The molecule has 2 aromatic rings. The molecular weight excluding hydrogens is 268 g/mol. The van der Waals surface area contributed by atoms with Crippen molar-refractivity contribution in [3.05, 3.63) is 52.2 Å². The molecule has 0 unspecified atom stereocenters. The van der Waals surface area contributed by atoms with Gasteiger partial charge in [0.2, 0.25) is 5.91 Å². The van der Waals surface area contributed by atoms with Crippen LogP contribution >= 0.6 is 11.3 Å². The molecule has 0 bridgehead atoms. The van der Waals surface area contributed by atoms with E-state index in [9.17, 15) is 4.79 Å². The molecule has 4 heteroatoms. The highest BCUT2D eigenvalue weighted by Crippen LogP contribution is 2.29. The lowest BCUT2D eigenvalue weighted by Crippen LogP contribution is -2.33. The van der Waals surface area contributed by atoms with Gasteiger partial charge in [0.1, 0.15) is 0 Å². The van der Waals surface area contributed by atoms with E-state index >= 15 is 0 Å². The topological polar surface area (TPSA) is 46.3 Å². The van der Waals surface area contributed by atoms with E-state index in [0.717, 1.165) is 30.6 Å². The van der Waals surface area contributed by atoms with Gasteiger partial charge in [-0.05, 0) is 52.9 Å². The number of benzene rings is 1. The number of rotatable bonds is 5. The zero-order valence-corrected chi connectivity index (χ0v) is 12.1. The Labute approximate surface area is 123 Å². The quantitative estimate of drug-likeness (QED) is 0.859. The first-order chi connectivity index (χ1) is 9.72. The summed E-state index contributed by atoms with van der Waals surface area (Å²) >= 11 is 1.68. The maximum atomic E-state index is 12.5. The van der Waals surface area contributed by atoms with Crippen LogP contribution in [0.3, 0.4) is 0 Å². The molecule has 1 aromatic carbocycles. The van der Waals surface area contributed by atoms with Gasteiger partial charge in [0, 0.05) is 18.3 Å². The number of hydrogen-bond donors (Lipinski definition) is 1. The summed E-state index contributed by atoms with van der Waals surface area (Å²) in [7, 11) is 0. The Hall–Kier alpha value is -1.81. The van der Waals surface area contributed by atoms with Crippen molar-refractivity contribution in [1.29, 1.82) is 0 Å². The molecule has 1 saturated carbocycles. The van der Waals surface area contributed by atoms with E-state index in [0.29, 0.717) is 12.5 Å². The third-order valence-corrected chi connectivity index (χ3v) is 4.31. The highest BCUT2D eigenvalue weighted by atomic mass is 32.1. The van der Waals surface area contributed by atoms with E-state index in [1.807, 2.05) is 29.2 Å². The van der Waals surface area contributed by atoms with E-state index in [1.54, 1.807) is 11.3 Å². The van der Waals surface area contributed by atoms with Crippen LogP contribution < -0.4 is 5.73 Å². The molecule has 0 spiro atoms. The van der Waals surface area contributed by atoms with Crippen molar-refractivity contribution in [2.24, 2.45) is 0 Å². The number of thiophene rings is 1. The van der Waals surface area contributed by atoms with Crippen LogP contribution in [0.4, 0.5) is 5.69 Å². The molecular formula is C16H18N2OS. The Morgan fingerprint density at radius 2 is 1.95 bits per heavy atom. The Morgan fingerprint density at radius 3 is 2.55 bits per heavy atom. The normalized spacial score (nSPS) is 14.2. The summed E-state index contributed by atoms with van der Waals surface area (Å²) in [6, 6.07) is 10.1. The van der Waals surface area contributed by atoms with Crippen molar-refractivity contribution >= 4 is 22.9 Å². The molecule has 3 nitrogen and oxygen atoms in total. The molecule has 1 heterocycles. The average molecular weight is 286 g/mol. The fraction of sp³-hybridized carbons (Fsp3) is 0.312. The molecule has 0 aliphatic heterocycles. The van der Waals surface area contributed by atoms with Crippen LogP contribution in [-0.4, -0.2) is 16.8 Å². The summed E-state index contributed by atoms with van der Waals surface area (Å²) in [5, 5.41) is 4.18. The van der Waals surface area contributed by atoms with Crippen LogP contribution in [0.25, 0.3) is 0 Å².